The summed E-state index contributed by atoms with van der Waals surface area (Å²) in [6.45, 7) is 1.65. The van der Waals surface area contributed by atoms with Gasteiger partial charge in [0.25, 0.3) is 5.92 Å². The second kappa shape index (κ2) is 5.79. The zero-order valence-electron chi connectivity index (χ0n) is 12.0. The lowest BCUT2D eigenvalue weighted by atomic mass is 9.87. The Bertz CT molecular complexity index is 508. The van der Waals surface area contributed by atoms with Gasteiger partial charge in [-0.3, -0.25) is 4.79 Å². The van der Waals surface area contributed by atoms with Gasteiger partial charge in [0, 0.05) is 25.4 Å². The average molecular weight is 325 g/mol. The van der Waals surface area contributed by atoms with Crippen molar-refractivity contribution in [2.45, 2.75) is 38.5 Å². The van der Waals surface area contributed by atoms with Gasteiger partial charge in [0.15, 0.2) is 0 Å². The molecule has 1 heterocycles. The molecule has 5 nitrogen and oxygen atoms in total. The molecule has 0 aromatic carbocycles. The van der Waals surface area contributed by atoms with E-state index < -0.39 is 39.5 Å². The zero-order chi connectivity index (χ0) is 15.8. The van der Waals surface area contributed by atoms with E-state index in [1.165, 1.54) is 0 Å². The normalized spacial score (nSPS) is 34.0. The van der Waals surface area contributed by atoms with E-state index in [1.807, 2.05) is 0 Å². The molecule has 0 spiro atoms. The highest BCUT2D eigenvalue weighted by atomic mass is 32.2. The predicted octanol–water partition coefficient (Wildman–Crippen LogP) is 1.79. The summed E-state index contributed by atoms with van der Waals surface area (Å²) >= 11 is 0. The van der Waals surface area contributed by atoms with Crippen LogP contribution in [0.5, 0.6) is 0 Å². The minimum absolute atomic E-state index is 0.0948. The minimum atomic E-state index is -3.84. The largest absolute Gasteiger partial charge is 0.481 e. The van der Waals surface area contributed by atoms with Crippen LogP contribution in [0.3, 0.4) is 0 Å². The van der Waals surface area contributed by atoms with Crippen LogP contribution in [0, 0.1) is 17.8 Å². The van der Waals surface area contributed by atoms with Gasteiger partial charge in [-0.1, -0.05) is 13.3 Å². The third-order valence-corrected chi connectivity index (χ3v) is 6.52. The summed E-state index contributed by atoms with van der Waals surface area (Å²) in [6.07, 6.45) is 0.981. The monoisotopic (exact) mass is 325 g/mol. The number of carboxylic acid groups (broad SMARTS) is 1. The molecule has 21 heavy (non-hydrogen) atoms. The fourth-order valence-corrected chi connectivity index (χ4v) is 5.18. The number of rotatable bonds is 4. The molecule has 0 amide bonds. The lowest BCUT2D eigenvalue weighted by Gasteiger charge is -2.32. The van der Waals surface area contributed by atoms with Crippen LogP contribution in [0.4, 0.5) is 8.78 Å². The SMILES string of the molecule is C[C@@H]1CN(S(=O)(=O)CC2CCCCC2(F)F)C[C@H]1C(=O)O. The number of hydrogen-bond donors (Lipinski definition) is 1. The molecule has 2 rings (SSSR count). The number of sulfonamides is 1. The molecular formula is C13H21F2NO4S. The molecule has 8 heteroatoms. The third kappa shape index (κ3) is 3.53. The van der Waals surface area contributed by atoms with Gasteiger partial charge in [-0.15, -0.1) is 0 Å². The maximum atomic E-state index is 13.8. The van der Waals surface area contributed by atoms with Crippen LogP contribution in [0.15, 0.2) is 0 Å². The first-order chi connectivity index (χ1) is 9.63. The van der Waals surface area contributed by atoms with Crippen LogP contribution in [-0.4, -0.2) is 48.6 Å². The highest BCUT2D eigenvalue weighted by Gasteiger charge is 2.46. The van der Waals surface area contributed by atoms with Gasteiger partial charge >= 0.3 is 5.97 Å². The van der Waals surface area contributed by atoms with Crippen molar-refractivity contribution in [3.8, 4) is 0 Å². The second-order valence-corrected chi connectivity index (χ2v) is 8.23. The Morgan fingerprint density at radius 2 is 2.00 bits per heavy atom. The Morgan fingerprint density at radius 3 is 2.52 bits per heavy atom. The molecule has 1 N–H and O–H groups in total. The van der Waals surface area contributed by atoms with Crippen molar-refractivity contribution < 1.29 is 27.1 Å². The lowest BCUT2D eigenvalue weighted by Crippen LogP contribution is -2.41. The molecule has 2 fully saturated rings. The van der Waals surface area contributed by atoms with Crippen molar-refractivity contribution in [1.29, 1.82) is 0 Å². The minimum Gasteiger partial charge on any atom is -0.481 e. The molecule has 0 bridgehead atoms. The van der Waals surface area contributed by atoms with Crippen molar-refractivity contribution in [3.63, 3.8) is 0 Å². The summed E-state index contributed by atoms with van der Waals surface area (Å²) in [5.41, 5.74) is 0. The first-order valence-electron chi connectivity index (χ1n) is 7.22. The van der Waals surface area contributed by atoms with Crippen molar-refractivity contribution in [2.75, 3.05) is 18.8 Å². The summed E-state index contributed by atoms with van der Waals surface area (Å²) in [6, 6.07) is 0. The zero-order valence-corrected chi connectivity index (χ0v) is 12.8. The Balaban J connectivity index is 2.07. The molecular weight excluding hydrogens is 304 g/mol. The Kier molecular flexibility index (Phi) is 4.58. The molecule has 122 valence electrons. The number of carbonyl (C=O) groups is 1. The molecule has 1 saturated carbocycles. The van der Waals surface area contributed by atoms with Gasteiger partial charge in [0.05, 0.1) is 11.7 Å². The summed E-state index contributed by atoms with van der Waals surface area (Å²) < 4.78 is 53.3. The Morgan fingerprint density at radius 1 is 1.33 bits per heavy atom. The molecule has 0 radical (unpaired) electrons. The van der Waals surface area contributed by atoms with Crippen molar-refractivity contribution in [3.05, 3.63) is 0 Å². The van der Waals surface area contributed by atoms with E-state index in [2.05, 4.69) is 0 Å². The van der Waals surface area contributed by atoms with E-state index in [-0.39, 0.29) is 31.8 Å². The number of halogens is 2. The van der Waals surface area contributed by atoms with Crippen LogP contribution in [0.2, 0.25) is 0 Å². The number of carboxylic acids is 1. The summed E-state index contributed by atoms with van der Waals surface area (Å²) in [4.78, 5) is 11.0. The standard InChI is InChI=1S/C13H21F2NO4S/c1-9-6-16(7-11(9)12(17)18)21(19,20)8-10-4-2-3-5-13(10,14)15/h9-11H,2-8H2,1H3,(H,17,18)/t9-,10?,11-/m1/s1. The van der Waals surface area contributed by atoms with Crippen LogP contribution in [0.1, 0.15) is 32.6 Å². The number of hydrogen-bond acceptors (Lipinski definition) is 3. The lowest BCUT2D eigenvalue weighted by molar-refractivity contribution is -0.142. The fraction of sp³-hybridized carbons (Fsp3) is 0.923. The number of alkyl halides is 2. The molecule has 1 aliphatic carbocycles. The number of nitrogens with zero attached hydrogens (tertiary/aromatic N) is 1. The quantitative estimate of drug-likeness (QED) is 0.855. The van der Waals surface area contributed by atoms with Gasteiger partial charge < -0.3 is 5.11 Å². The third-order valence-electron chi connectivity index (χ3n) is 4.61. The van der Waals surface area contributed by atoms with Crippen molar-refractivity contribution in [2.24, 2.45) is 17.8 Å². The van der Waals surface area contributed by atoms with E-state index >= 15 is 0 Å². The molecule has 1 aliphatic heterocycles. The van der Waals surface area contributed by atoms with Gasteiger partial charge in [0.2, 0.25) is 10.0 Å². The van der Waals surface area contributed by atoms with E-state index in [0.29, 0.717) is 12.8 Å². The van der Waals surface area contributed by atoms with E-state index in [0.717, 1.165) is 4.31 Å². The van der Waals surface area contributed by atoms with Crippen LogP contribution >= 0.6 is 0 Å². The second-order valence-electron chi connectivity index (χ2n) is 6.22. The summed E-state index contributed by atoms with van der Waals surface area (Å²) in [7, 11) is -3.84. The predicted molar refractivity (Wildman–Crippen MR) is 72.6 cm³/mol. The molecule has 2 aliphatic rings. The molecule has 0 aromatic heterocycles. The van der Waals surface area contributed by atoms with E-state index in [9.17, 15) is 22.0 Å². The first-order valence-corrected chi connectivity index (χ1v) is 8.83. The van der Waals surface area contributed by atoms with E-state index in [4.69, 9.17) is 5.11 Å². The molecule has 0 aromatic rings. The summed E-state index contributed by atoms with van der Waals surface area (Å²) in [5, 5.41) is 9.03. The average Bonchev–Trinajstić information content (AvgIpc) is 2.75. The van der Waals surface area contributed by atoms with Crippen LogP contribution in [-0.2, 0) is 14.8 Å². The smallest absolute Gasteiger partial charge is 0.308 e. The maximum Gasteiger partial charge on any atom is 0.308 e. The van der Waals surface area contributed by atoms with Crippen LogP contribution < -0.4 is 0 Å². The molecule has 3 atom stereocenters. The van der Waals surface area contributed by atoms with Gasteiger partial charge in [-0.25, -0.2) is 21.5 Å². The van der Waals surface area contributed by atoms with E-state index in [1.54, 1.807) is 6.92 Å². The highest BCUT2D eigenvalue weighted by molar-refractivity contribution is 7.89. The fourth-order valence-electron chi connectivity index (χ4n) is 3.20. The van der Waals surface area contributed by atoms with Gasteiger partial charge in [-0.2, -0.15) is 0 Å². The Labute approximate surface area is 123 Å². The summed E-state index contributed by atoms with van der Waals surface area (Å²) in [5.74, 6) is -6.78. The Hall–Kier alpha value is -0.760. The highest BCUT2D eigenvalue weighted by Crippen LogP contribution is 2.40. The topological polar surface area (TPSA) is 74.7 Å². The van der Waals surface area contributed by atoms with Gasteiger partial charge in [0.1, 0.15) is 0 Å². The number of aliphatic carboxylic acids is 1. The molecule has 1 unspecified atom stereocenters. The van der Waals surface area contributed by atoms with Crippen LogP contribution in [0.25, 0.3) is 0 Å². The maximum absolute atomic E-state index is 13.8. The van der Waals surface area contributed by atoms with Crippen molar-refractivity contribution in [1.82, 2.24) is 4.31 Å². The molecule has 1 saturated heterocycles. The van der Waals surface area contributed by atoms with Gasteiger partial charge in [-0.05, 0) is 18.8 Å². The van der Waals surface area contributed by atoms with Crippen molar-refractivity contribution >= 4 is 16.0 Å². The first kappa shape index (κ1) is 16.6.